The third-order valence-corrected chi connectivity index (χ3v) is 14.4. The summed E-state index contributed by atoms with van der Waals surface area (Å²) in [6, 6.07) is 60.5. The second-order valence-corrected chi connectivity index (χ2v) is 18.5. The highest BCUT2D eigenvalue weighted by Crippen LogP contribution is 2.53. The molecule has 0 N–H and O–H groups in total. The van der Waals surface area contributed by atoms with Gasteiger partial charge in [-0.3, -0.25) is 0 Å². The van der Waals surface area contributed by atoms with E-state index in [-0.39, 0.29) is 10.8 Å². The number of allylic oxidation sites excluding steroid dienone is 5. The van der Waals surface area contributed by atoms with Crippen LogP contribution in [0.4, 0.5) is 0 Å². The molecular formula is C61H46O. The highest BCUT2D eigenvalue weighted by Gasteiger charge is 2.38. The lowest BCUT2D eigenvalue weighted by Gasteiger charge is -2.24. The lowest BCUT2D eigenvalue weighted by molar-refractivity contribution is 0.647. The van der Waals surface area contributed by atoms with E-state index in [2.05, 4.69) is 217 Å². The van der Waals surface area contributed by atoms with Crippen molar-refractivity contribution in [3.05, 3.63) is 216 Å². The molecule has 1 heteroatoms. The molecule has 1 heterocycles. The average Bonchev–Trinajstić information content (AvgIpc) is 3.86. The maximum Gasteiger partial charge on any atom is 0.143 e. The molecule has 0 spiro atoms. The molecule has 0 amide bonds. The molecule has 9 aromatic carbocycles. The number of hydrogen-bond acceptors (Lipinski definition) is 1. The Hall–Kier alpha value is -7.22. The normalized spacial score (nSPS) is 15.2. The fourth-order valence-corrected chi connectivity index (χ4v) is 11.4. The van der Waals surface area contributed by atoms with Crippen molar-refractivity contribution in [2.75, 3.05) is 0 Å². The van der Waals surface area contributed by atoms with Crippen LogP contribution in [0.25, 0.3) is 98.8 Å². The maximum atomic E-state index is 7.05. The molecule has 10 aromatic rings. The molecule has 296 valence electrons. The van der Waals surface area contributed by atoms with Gasteiger partial charge in [0.05, 0.1) is 0 Å². The zero-order chi connectivity index (χ0) is 42.1. The van der Waals surface area contributed by atoms with Crippen molar-refractivity contribution in [1.29, 1.82) is 0 Å². The van der Waals surface area contributed by atoms with Crippen molar-refractivity contribution in [3.63, 3.8) is 0 Å². The number of furan rings is 1. The van der Waals surface area contributed by atoms with E-state index in [0.29, 0.717) is 0 Å². The van der Waals surface area contributed by atoms with Crippen molar-refractivity contribution in [1.82, 2.24) is 0 Å². The zero-order valence-electron chi connectivity index (χ0n) is 35.9. The Labute approximate surface area is 363 Å². The molecule has 0 aliphatic heterocycles. The quantitative estimate of drug-likeness (QED) is 0.158. The smallest absolute Gasteiger partial charge is 0.143 e. The van der Waals surface area contributed by atoms with Gasteiger partial charge in [-0.1, -0.05) is 186 Å². The van der Waals surface area contributed by atoms with Crippen LogP contribution in [0.5, 0.6) is 0 Å². The number of hydrogen-bond donors (Lipinski definition) is 0. The largest absolute Gasteiger partial charge is 0.455 e. The summed E-state index contributed by atoms with van der Waals surface area (Å²) in [5.41, 5.74) is 19.1. The van der Waals surface area contributed by atoms with Crippen LogP contribution >= 0.6 is 0 Å². The molecule has 0 atom stereocenters. The topological polar surface area (TPSA) is 13.1 Å². The van der Waals surface area contributed by atoms with Gasteiger partial charge in [-0.25, -0.2) is 0 Å². The van der Waals surface area contributed by atoms with Gasteiger partial charge in [-0.05, 0) is 136 Å². The predicted molar refractivity (Wildman–Crippen MR) is 265 cm³/mol. The number of fused-ring (bicyclic) bond motifs is 11. The summed E-state index contributed by atoms with van der Waals surface area (Å²) in [6.07, 6.45) is 4.47. The second kappa shape index (κ2) is 13.1. The predicted octanol–water partition coefficient (Wildman–Crippen LogP) is 17.0. The molecule has 0 radical (unpaired) electrons. The van der Waals surface area contributed by atoms with Gasteiger partial charge in [0, 0.05) is 27.2 Å². The highest BCUT2D eigenvalue weighted by molar-refractivity contribution is 6.23. The van der Waals surface area contributed by atoms with Gasteiger partial charge in [-0.2, -0.15) is 0 Å². The van der Waals surface area contributed by atoms with Crippen LogP contribution in [0.2, 0.25) is 0 Å². The molecule has 0 fully saturated rings. The van der Waals surface area contributed by atoms with E-state index in [1.807, 2.05) is 0 Å². The maximum absolute atomic E-state index is 7.05. The molecule has 0 bridgehead atoms. The Morgan fingerprint density at radius 1 is 0.500 bits per heavy atom. The van der Waals surface area contributed by atoms with Crippen LogP contribution in [0, 0.1) is 0 Å². The summed E-state index contributed by atoms with van der Waals surface area (Å²) >= 11 is 0. The molecule has 12 rings (SSSR count). The van der Waals surface area contributed by atoms with E-state index in [1.54, 1.807) is 0 Å². The van der Waals surface area contributed by atoms with Crippen molar-refractivity contribution >= 4 is 65.4 Å². The Bertz CT molecular complexity index is 3580. The third kappa shape index (κ3) is 5.03. The minimum Gasteiger partial charge on any atom is -0.455 e. The molecule has 2 aliphatic rings. The first kappa shape index (κ1) is 36.6. The molecule has 0 saturated carbocycles. The lowest BCUT2D eigenvalue weighted by Crippen LogP contribution is -2.16. The van der Waals surface area contributed by atoms with Crippen molar-refractivity contribution in [2.24, 2.45) is 0 Å². The van der Waals surface area contributed by atoms with Crippen LogP contribution in [0.1, 0.15) is 62.4 Å². The molecule has 0 unspecified atom stereocenters. The first-order chi connectivity index (χ1) is 30.1. The van der Waals surface area contributed by atoms with Crippen LogP contribution in [-0.2, 0) is 10.8 Å². The fraction of sp³-hybridized carbons (Fsp3) is 0.115. The fourth-order valence-electron chi connectivity index (χ4n) is 11.4. The van der Waals surface area contributed by atoms with E-state index in [1.165, 1.54) is 110 Å². The highest BCUT2D eigenvalue weighted by atomic mass is 16.3. The van der Waals surface area contributed by atoms with Crippen molar-refractivity contribution < 1.29 is 4.42 Å². The summed E-state index contributed by atoms with van der Waals surface area (Å²) in [7, 11) is 0. The Balaban J connectivity index is 1.04. The van der Waals surface area contributed by atoms with Gasteiger partial charge in [0.25, 0.3) is 0 Å². The lowest BCUT2D eigenvalue weighted by atomic mass is 9.79. The molecule has 0 saturated heterocycles. The zero-order valence-corrected chi connectivity index (χ0v) is 35.9. The monoisotopic (exact) mass is 794 g/mol. The first-order valence-corrected chi connectivity index (χ1v) is 21.9. The van der Waals surface area contributed by atoms with E-state index in [0.717, 1.165) is 22.3 Å². The summed E-state index contributed by atoms with van der Waals surface area (Å²) in [5.74, 6) is 0. The molecule has 62 heavy (non-hydrogen) atoms. The van der Waals surface area contributed by atoms with Crippen LogP contribution in [-0.4, -0.2) is 0 Å². The standard InChI is InChI=1S/C61H46O/c1-7-51-48(31-36(2)47-32-38-21-11-12-22-40(38)58-50-34-49-41-23-17-18-28-52(41)61(5,6)54(49)35-55(50)62-59(47)58)42-30-29-39(33-53(42)60(51,3)4)57-45-26-15-13-24-43(45)56(37-19-9-8-10-20-37)44-25-14-16-27-46(44)57/h7-35H,1H2,2-6H3/b36-31+. The third-order valence-electron chi connectivity index (χ3n) is 14.4. The number of benzene rings is 9. The van der Waals surface area contributed by atoms with E-state index in [4.69, 9.17) is 4.42 Å². The molecule has 1 aromatic heterocycles. The second-order valence-electron chi connectivity index (χ2n) is 18.5. The van der Waals surface area contributed by atoms with Gasteiger partial charge in [-0.15, -0.1) is 0 Å². The van der Waals surface area contributed by atoms with Gasteiger partial charge in [0.15, 0.2) is 0 Å². The Morgan fingerprint density at radius 2 is 1.10 bits per heavy atom. The number of rotatable bonds is 5. The van der Waals surface area contributed by atoms with E-state index < -0.39 is 0 Å². The molecular weight excluding hydrogens is 749 g/mol. The van der Waals surface area contributed by atoms with Crippen molar-refractivity contribution in [3.8, 4) is 33.4 Å². The summed E-state index contributed by atoms with van der Waals surface area (Å²) < 4.78 is 7.05. The Morgan fingerprint density at radius 3 is 1.79 bits per heavy atom. The minimum absolute atomic E-state index is 0.109. The van der Waals surface area contributed by atoms with Crippen molar-refractivity contribution in [2.45, 2.75) is 45.4 Å². The summed E-state index contributed by atoms with van der Waals surface area (Å²) in [6.45, 7) is 16.0. The van der Waals surface area contributed by atoms with Gasteiger partial charge >= 0.3 is 0 Å². The molecule has 2 aliphatic carbocycles. The van der Waals surface area contributed by atoms with Crippen LogP contribution < -0.4 is 0 Å². The minimum atomic E-state index is -0.267. The van der Waals surface area contributed by atoms with Crippen LogP contribution in [0.3, 0.4) is 0 Å². The van der Waals surface area contributed by atoms with Crippen LogP contribution in [0.15, 0.2) is 193 Å². The Kier molecular flexibility index (Phi) is 7.76. The SMILES string of the molecule is C=CC1=C(/C=C(\C)c2cc3ccccc3c3c2oc2cc4c(cc23)-c2ccccc2C4(C)C)c2ccc(-c3c4ccccc4c(-c4ccccc4)c4ccccc34)cc2C1(C)C. The average molecular weight is 795 g/mol. The first-order valence-electron chi connectivity index (χ1n) is 21.9. The van der Waals surface area contributed by atoms with Gasteiger partial charge in [0.2, 0.25) is 0 Å². The molecule has 1 nitrogen and oxygen atoms in total. The van der Waals surface area contributed by atoms with Gasteiger partial charge < -0.3 is 4.42 Å². The van der Waals surface area contributed by atoms with E-state index >= 15 is 0 Å². The van der Waals surface area contributed by atoms with E-state index in [9.17, 15) is 0 Å². The van der Waals surface area contributed by atoms with Gasteiger partial charge in [0.1, 0.15) is 11.2 Å². The summed E-state index contributed by atoms with van der Waals surface area (Å²) in [4.78, 5) is 0. The summed E-state index contributed by atoms with van der Waals surface area (Å²) in [5, 5.41) is 9.82.